The van der Waals surface area contributed by atoms with E-state index in [1.54, 1.807) is 4.90 Å². The summed E-state index contributed by atoms with van der Waals surface area (Å²) in [6.07, 6.45) is 3.68. The molecule has 0 unspecified atom stereocenters. The van der Waals surface area contributed by atoms with Crippen LogP contribution in [0, 0.1) is 0 Å². The van der Waals surface area contributed by atoms with Crippen molar-refractivity contribution in [3.63, 3.8) is 0 Å². The molecule has 2 aliphatic heterocycles. The molecule has 7 heteroatoms. The predicted octanol–water partition coefficient (Wildman–Crippen LogP) is -2.00. The largest absolute Gasteiger partial charge is 1.00 e. The van der Waals surface area contributed by atoms with Crippen molar-refractivity contribution in [1.29, 1.82) is 0 Å². The Morgan fingerprint density at radius 3 is 1.96 bits per heavy atom. The molecule has 2 saturated heterocycles. The van der Waals surface area contributed by atoms with Crippen molar-refractivity contribution in [2.45, 2.75) is 64.0 Å². The second-order valence-corrected chi connectivity index (χ2v) is 7.33. The number of ether oxygens (including phenoxy) is 1. The van der Waals surface area contributed by atoms with E-state index in [4.69, 9.17) is 4.74 Å². The number of aliphatic carboxylic acids is 1. The fourth-order valence-corrected chi connectivity index (χ4v) is 3.36. The Morgan fingerprint density at radius 2 is 1.52 bits per heavy atom. The van der Waals surface area contributed by atoms with Crippen LogP contribution in [0.4, 0.5) is 4.79 Å². The number of nitrogens with zero attached hydrogens (tertiary/aromatic N) is 2. The van der Waals surface area contributed by atoms with Gasteiger partial charge in [0.15, 0.2) is 0 Å². The molecule has 0 saturated carbocycles. The van der Waals surface area contributed by atoms with Crippen molar-refractivity contribution < 1.29 is 49.0 Å². The van der Waals surface area contributed by atoms with Crippen molar-refractivity contribution in [3.8, 4) is 0 Å². The fraction of sp³-hybridized carbons (Fsp3) is 0.875. The van der Waals surface area contributed by atoms with Crippen LogP contribution in [0.5, 0.6) is 0 Å². The minimum atomic E-state index is -1.00. The minimum absolute atomic E-state index is 0. The van der Waals surface area contributed by atoms with E-state index in [1.165, 1.54) is 0 Å². The van der Waals surface area contributed by atoms with E-state index >= 15 is 0 Å². The fourth-order valence-electron chi connectivity index (χ4n) is 3.36. The van der Waals surface area contributed by atoms with E-state index in [0.29, 0.717) is 25.9 Å². The molecule has 126 valence electrons. The van der Waals surface area contributed by atoms with Crippen molar-refractivity contribution in [3.05, 3.63) is 0 Å². The van der Waals surface area contributed by atoms with Gasteiger partial charge >= 0.3 is 35.7 Å². The van der Waals surface area contributed by atoms with Crippen molar-refractivity contribution in [2.75, 3.05) is 26.2 Å². The van der Waals surface area contributed by atoms with Gasteiger partial charge in [-0.05, 0) is 59.5 Å². The van der Waals surface area contributed by atoms with Gasteiger partial charge in [-0.15, -0.1) is 0 Å². The van der Waals surface area contributed by atoms with Gasteiger partial charge in [-0.2, -0.15) is 0 Å². The van der Waals surface area contributed by atoms with Crippen LogP contribution in [0.2, 0.25) is 0 Å². The van der Waals surface area contributed by atoms with E-state index in [-0.39, 0.29) is 35.7 Å². The van der Waals surface area contributed by atoms with Crippen LogP contribution in [0.1, 0.15) is 52.9 Å². The number of hydrogen-bond acceptors (Lipinski definition) is 5. The molecule has 1 amide bonds. The molecule has 2 rings (SSSR count). The molecule has 0 bridgehead atoms. The van der Waals surface area contributed by atoms with Gasteiger partial charge in [0.2, 0.25) is 0 Å². The number of hydrogen-bond donors (Lipinski definition) is 0. The molecule has 6 nitrogen and oxygen atoms in total. The van der Waals surface area contributed by atoms with Gasteiger partial charge < -0.3 is 19.5 Å². The number of carbonyl (C=O) groups excluding carboxylic acids is 2. The number of rotatable bonds is 2. The Morgan fingerprint density at radius 1 is 1.00 bits per heavy atom. The Bertz CT molecular complexity index is 422. The normalized spacial score (nSPS) is 22.1. The maximum absolute atomic E-state index is 12.1. The van der Waals surface area contributed by atoms with Crippen molar-refractivity contribution in [1.82, 2.24) is 9.80 Å². The van der Waals surface area contributed by atoms with Crippen LogP contribution in [0.25, 0.3) is 0 Å². The number of likely N-dealkylation sites (tertiary alicyclic amines) is 2. The van der Waals surface area contributed by atoms with Crippen LogP contribution in [-0.4, -0.2) is 59.2 Å². The molecular weight excluding hydrogens is 307 g/mol. The topological polar surface area (TPSA) is 72.9 Å². The molecule has 2 fully saturated rings. The van der Waals surface area contributed by atoms with E-state index < -0.39 is 17.1 Å². The Hall–Kier alpha value is -0.300. The number of carbonyl (C=O) groups is 2. The third kappa shape index (κ3) is 5.08. The van der Waals surface area contributed by atoms with Crippen LogP contribution in [0.15, 0.2) is 0 Å². The average Bonchev–Trinajstić information content (AvgIpc) is 2.46. The third-order valence-corrected chi connectivity index (χ3v) is 4.58. The van der Waals surface area contributed by atoms with Crippen molar-refractivity contribution in [2.24, 2.45) is 0 Å². The maximum atomic E-state index is 12.1. The van der Waals surface area contributed by atoms with E-state index in [0.717, 1.165) is 32.4 Å². The molecule has 2 heterocycles. The first kappa shape index (κ1) is 20.7. The predicted molar refractivity (Wildman–Crippen MR) is 80.2 cm³/mol. The van der Waals surface area contributed by atoms with Gasteiger partial charge in [-0.25, -0.2) is 4.79 Å². The number of carboxylic acid groups (broad SMARTS) is 1. The molecule has 2 aliphatic rings. The van der Waals surface area contributed by atoms with E-state index in [9.17, 15) is 14.7 Å². The van der Waals surface area contributed by atoms with Crippen LogP contribution in [0.3, 0.4) is 0 Å². The van der Waals surface area contributed by atoms with Gasteiger partial charge in [-0.3, -0.25) is 4.90 Å². The van der Waals surface area contributed by atoms with Crippen molar-refractivity contribution >= 4 is 12.1 Å². The zero-order chi connectivity index (χ0) is 16.4. The summed E-state index contributed by atoms with van der Waals surface area (Å²) in [5, 5.41) is 11.8. The SMILES string of the molecule is CC(C)(C)OC(=O)N1CCC(C(=O)[O-])(N2CCCCC2)CC1.[Na+]. The molecule has 0 aromatic carbocycles. The number of amides is 1. The summed E-state index contributed by atoms with van der Waals surface area (Å²) in [7, 11) is 0. The summed E-state index contributed by atoms with van der Waals surface area (Å²) in [6, 6.07) is 0. The molecule has 0 aliphatic carbocycles. The molecule has 0 radical (unpaired) electrons. The van der Waals surface area contributed by atoms with Gasteiger partial charge in [0.25, 0.3) is 0 Å². The Labute approximate surface area is 160 Å². The van der Waals surface area contributed by atoms with Gasteiger partial charge in [0, 0.05) is 13.1 Å². The summed E-state index contributed by atoms with van der Waals surface area (Å²) in [5.74, 6) is -1.00. The summed E-state index contributed by atoms with van der Waals surface area (Å²) >= 11 is 0. The first-order valence-corrected chi connectivity index (χ1v) is 8.19. The standard InChI is InChI=1S/C16H28N2O4.Na/c1-15(2,3)22-14(21)17-11-7-16(8-12-17,13(19)20)18-9-5-4-6-10-18;/h4-12H2,1-3H3,(H,19,20);/q;+1/p-1. The van der Waals surface area contributed by atoms with Crippen LogP contribution < -0.4 is 34.7 Å². The quantitative estimate of drug-likeness (QED) is 0.546. The summed E-state index contributed by atoms with van der Waals surface area (Å²) in [6.45, 7) is 7.90. The third-order valence-electron chi connectivity index (χ3n) is 4.58. The Kier molecular flexibility index (Phi) is 7.38. The average molecular weight is 334 g/mol. The number of carboxylic acids is 1. The van der Waals surface area contributed by atoms with Gasteiger partial charge in [0.05, 0.1) is 11.5 Å². The Balaban J connectivity index is 0.00000264. The number of piperidine rings is 2. The molecule has 0 N–H and O–H groups in total. The maximum Gasteiger partial charge on any atom is 1.00 e. The smallest absolute Gasteiger partial charge is 0.548 e. The zero-order valence-electron chi connectivity index (χ0n) is 14.9. The van der Waals surface area contributed by atoms with E-state index in [1.807, 2.05) is 20.8 Å². The van der Waals surface area contributed by atoms with E-state index in [2.05, 4.69) is 4.90 Å². The second kappa shape index (κ2) is 8.19. The second-order valence-electron chi connectivity index (χ2n) is 7.33. The molecule has 0 aromatic rings. The monoisotopic (exact) mass is 334 g/mol. The zero-order valence-corrected chi connectivity index (χ0v) is 16.9. The first-order valence-electron chi connectivity index (χ1n) is 8.19. The van der Waals surface area contributed by atoms with Crippen LogP contribution >= 0.6 is 0 Å². The molecule has 23 heavy (non-hydrogen) atoms. The summed E-state index contributed by atoms with van der Waals surface area (Å²) < 4.78 is 5.36. The molecule has 0 aromatic heterocycles. The van der Waals surface area contributed by atoms with Gasteiger partial charge in [0.1, 0.15) is 5.60 Å². The molecular formula is C16H27N2NaO4. The van der Waals surface area contributed by atoms with Gasteiger partial charge in [-0.1, -0.05) is 6.42 Å². The van der Waals surface area contributed by atoms with Crippen LogP contribution in [-0.2, 0) is 9.53 Å². The first-order chi connectivity index (χ1) is 10.2. The molecule has 0 spiro atoms. The summed E-state index contributed by atoms with van der Waals surface area (Å²) in [5.41, 5.74) is -1.45. The minimum Gasteiger partial charge on any atom is -0.548 e. The summed E-state index contributed by atoms with van der Waals surface area (Å²) in [4.78, 5) is 27.6. The molecule has 0 atom stereocenters.